The Hall–Kier alpha value is -1.56. The van der Waals surface area contributed by atoms with Gasteiger partial charge in [0.05, 0.1) is 10.8 Å². The summed E-state index contributed by atoms with van der Waals surface area (Å²) >= 11 is 0. The summed E-state index contributed by atoms with van der Waals surface area (Å²) in [6, 6.07) is 1.48. The number of pyridine rings is 1. The molecule has 2 aromatic heterocycles. The van der Waals surface area contributed by atoms with Crippen molar-refractivity contribution in [2.45, 2.75) is 12.1 Å². The van der Waals surface area contributed by atoms with Crippen LogP contribution in [0.15, 0.2) is 22.2 Å². The molecule has 15 heavy (non-hydrogen) atoms. The zero-order valence-electron chi connectivity index (χ0n) is 8.27. The third kappa shape index (κ3) is 1.80. The highest BCUT2D eigenvalue weighted by Gasteiger charge is 2.05. The molecule has 5 nitrogen and oxygen atoms in total. The Kier molecular flexibility index (Phi) is 2.36. The van der Waals surface area contributed by atoms with Crippen LogP contribution in [0.4, 0.5) is 0 Å². The number of hydrogen-bond acceptors (Lipinski definition) is 4. The number of aromatic nitrogens is 3. The maximum atomic E-state index is 11.2. The van der Waals surface area contributed by atoms with Crippen molar-refractivity contribution in [1.82, 2.24) is 15.0 Å². The highest BCUT2D eigenvalue weighted by molar-refractivity contribution is 7.84. The van der Waals surface area contributed by atoms with Crippen LogP contribution in [0.5, 0.6) is 0 Å². The first-order valence-electron chi connectivity index (χ1n) is 4.28. The van der Waals surface area contributed by atoms with E-state index in [0.29, 0.717) is 5.65 Å². The van der Waals surface area contributed by atoms with Gasteiger partial charge in [0.2, 0.25) is 10.7 Å². The fourth-order valence-electron chi connectivity index (χ4n) is 1.32. The maximum Gasteiger partial charge on any atom is 0.249 e. The Morgan fingerprint density at radius 1 is 1.47 bits per heavy atom. The van der Waals surface area contributed by atoms with Crippen LogP contribution in [0.2, 0.25) is 0 Å². The summed E-state index contributed by atoms with van der Waals surface area (Å²) in [5, 5.41) is 0.993. The molecule has 1 N–H and O–H groups in total. The van der Waals surface area contributed by atoms with E-state index in [0.717, 1.165) is 10.9 Å². The molecule has 1 atom stereocenters. The van der Waals surface area contributed by atoms with E-state index < -0.39 is 10.8 Å². The van der Waals surface area contributed by atoms with Crippen LogP contribution in [0.1, 0.15) is 5.56 Å². The Balaban J connectivity index is 2.82. The van der Waals surface area contributed by atoms with Crippen LogP contribution in [0, 0.1) is 6.92 Å². The van der Waals surface area contributed by atoms with E-state index in [1.54, 1.807) is 6.20 Å². The molecule has 0 amide bonds. The molecule has 0 aliphatic carbocycles. The zero-order chi connectivity index (χ0) is 11.0. The summed E-state index contributed by atoms with van der Waals surface area (Å²) in [5.74, 6) is 0. The highest BCUT2D eigenvalue weighted by atomic mass is 32.2. The Bertz CT molecular complexity index is 606. The summed E-state index contributed by atoms with van der Waals surface area (Å²) in [7, 11) is -1.24. The fourth-order valence-corrected chi connectivity index (χ4v) is 1.74. The maximum absolute atomic E-state index is 11.2. The van der Waals surface area contributed by atoms with Crippen molar-refractivity contribution in [2.75, 3.05) is 6.26 Å². The lowest BCUT2D eigenvalue weighted by Crippen LogP contribution is -2.08. The number of nitrogens with zero attached hydrogens (tertiary/aromatic N) is 2. The van der Waals surface area contributed by atoms with E-state index in [9.17, 15) is 9.00 Å². The quantitative estimate of drug-likeness (QED) is 0.708. The van der Waals surface area contributed by atoms with Gasteiger partial charge in [-0.3, -0.25) is 9.00 Å². The molecule has 0 fully saturated rings. The van der Waals surface area contributed by atoms with Crippen molar-refractivity contribution in [3.8, 4) is 0 Å². The molecule has 78 valence electrons. The van der Waals surface area contributed by atoms with E-state index in [-0.39, 0.29) is 10.7 Å². The average Bonchev–Trinajstić information content (AvgIpc) is 2.16. The second-order valence-corrected chi connectivity index (χ2v) is 4.46. The van der Waals surface area contributed by atoms with Gasteiger partial charge in [0.1, 0.15) is 5.65 Å². The fraction of sp³-hybridized carbons (Fsp3) is 0.222. The number of hydrogen-bond donors (Lipinski definition) is 1. The molecule has 0 aliphatic heterocycles. The SMILES string of the molecule is Cc1cc(=O)[nH]c2nc(S(C)=O)ncc12. The van der Waals surface area contributed by atoms with Crippen LogP contribution in [-0.4, -0.2) is 25.4 Å². The first-order valence-corrected chi connectivity index (χ1v) is 5.84. The monoisotopic (exact) mass is 223 g/mol. The van der Waals surface area contributed by atoms with E-state index >= 15 is 0 Å². The number of nitrogens with one attached hydrogen (secondary N) is 1. The third-order valence-electron chi connectivity index (χ3n) is 2.04. The van der Waals surface area contributed by atoms with Crippen molar-refractivity contribution in [2.24, 2.45) is 0 Å². The zero-order valence-corrected chi connectivity index (χ0v) is 9.09. The second kappa shape index (κ2) is 3.54. The summed E-state index contributed by atoms with van der Waals surface area (Å²) in [4.78, 5) is 21.8. The normalized spacial score (nSPS) is 12.9. The van der Waals surface area contributed by atoms with Gasteiger partial charge in [0.15, 0.2) is 0 Å². The van der Waals surface area contributed by atoms with Gasteiger partial charge in [-0.05, 0) is 12.5 Å². The smallest absolute Gasteiger partial charge is 0.249 e. The van der Waals surface area contributed by atoms with Crippen molar-refractivity contribution < 1.29 is 4.21 Å². The van der Waals surface area contributed by atoms with Crippen LogP contribution in [0.25, 0.3) is 11.0 Å². The number of H-pyrrole nitrogens is 1. The molecule has 0 aliphatic rings. The predicted octanol–water partition coefficient (Wildman–Crippen LogP) is 0.364. The Morgan fingerprint density at radius 2 is 2.20 bits per heavy atom. The molecule has 0 saturated heterocycles. The molecule has 0 spiro atoms. The molecule has 2 rings (SSSR count). The molecular weight excluding hydrogens is 214 g/mol. The van der Waals surface area contributed by atoms with Gasteiger partial charge in [0.25, 0.3) is 0 Å². The van der Waals surface area contributed by atoms with Crippen LogP contribution >= 0.6 is 0 Å². The van der Waals surface area contributed by atoms with Gasteiger partial charge < -0.3 is 4.98 Å². The van der Waals surface area contributed by atoms with E-state index in [2.05, 4.69) is 15.0 Å². The Labute approximate surface area is 88.0 Å². The summed E-state index contributed by atoms with van der Waals surface area (Å²) in [6.45, 7) is 1.81. The number of fused-ring (bicyclic) bond motifs is 1. The third-order valence-corrected chi connectivity index (χ3v) is 2.75. The Morgan fingerprint density at radius 3 is 2.87 bits per heavy atom. The minimum atomic E-state index is -1.24. The molecule has 2 heterocycles. The highest BCUT2D eigenvalue weighted by Crippen LogP contribution is 2.11. The average molecular weight is 223 g/mol. The lowest BCUT2D eigenvalue weighted by atomic mass is 10.2. The first kappa shape index (κ1) is 9.97. The molecule has 2 aromatic rings. The van der Waals surface area contributed by atoms with Crippen molar-refractivity contribution in [3.63, 3.8) is 0 Å². The van der Waals surface area contributed by atoms with Crippen LogP contribution < -0.4 is 5.56 Å². The molecule has 0 aromatic carbocycles. The largest absolute Gasteiger partial charge is 0.306 e. The van der Waals surface area contributed by atoms with Crippen LogP contribution in [0.3, 0.4) is 0 Å². The topological polar surface area (TPSA) is 75.7 Å². The lowest BCUT2D eigenvalue weighted by Gasteiger charge is -2.01. The second-order valence-electron chi connectivity index (χ2n) is 3.19. The van der Waals surface area contributed by atoms with Gasteiger partial charge in [-0.15, -0.1) is 0 Å². The molecule has 1 unspecified atom stereocenters. The van der Waals surface area contributed by atoms with Crippen LogP contribution in [-0.2, 0) is 10.8 Å². The predicted molar refractivity (Wildman–Crippen MR) is 57.2 cm³/mol. The van der Waals surface area contributed by atoms with Crippen molar-refractivity contribution >= 4 is 21.8 Å². The lowest BCUT2D eigenvalue weighted by molar-refractivity contribution is 0.680. The van der Waals surface area contributed by atoms with Crippen molar-refractivity contribution in [3.05, 3.63) is 28.2 Å². The van der Waals surface area contributed by atoms with Gasteiger partial charge in [-0.25, -0.2) is 9.97 Å². The standard InChI is InChI=1S/C9H9N3O2S/c1-5-3-7(13)11-8-6(5)4-10-9(12-8)15(2)14/h3-4H,1-2H3,(H,10,11,12,13). The van der Waals surface area contributed by atoms with E-state index in [4.69, 9.17) is 0 Å². The molecule has 0 bridgehead atoms. The summed E-state index contributed by atoms with van der Waals surface area (Å²) in [6.07, 6.45) is 3.07. The van der Waals surface area contributed by atoms with Gasteiger partial charge in [0, 0.05) is 23.9 Å². The molecule has 6 heteroatoms. The van der Waals surface area contributed by atoms with Crippen molar-refractivity contribution in [1.29, 1.82) is 0 Å². The van der Waals surface area contributed by atoms with E-state index in [1.165, 1.54) is 12.3 Å². The first-order chi connectivity index (χ1) is 7.08. The molecule has 0 radical (unpaired) electrons. The molecular formula is C9H9N3O2S. The minimum Gasteiger partial charge on any atom is -0.306 e. The minimum absolute atomic E-state index is 0.216. The summed E-state index contributed by atoms with van der Waals surface area (Å²) in [5.41, 5.74) is 1.02. The van der Waals surface area contributed by atoms with Gasteiger partial charge in [-0.1, -0.05) is 0 Å². The van der Waals surface area contributed by atoms with Gasteiger partial charge >= 0.3 is 0 Å². The number of rotatable bonds is 1. The number of aromatic amines is 1. The summed E-state index contributed by atoms with van der Waals surface area (Å²) < 4.78 is 11.2. The molecule has 0 saturated carbocycles. The van der Waals surface area contributed by atoms with E-state index in [1.807, 2.05) is 6.92 Å². The van der Waals surface area contributed by atoms with Gasteiger partial charge in [-0.2, -0.15) is 0 Å². The number of aryl methyl sites for hydroxylation is 1.